The minimum Gasteiger partial charge on any atom is -0.454 e. The van der Waals surface area contributed by atoms with E-state index in [1.54, 1.807) is 12.1 Å². The molecule has 4 aromatic rings. The molecule has 0 saturated heterocycles. The summed E-state index contributed by atoms with van der Waals surface area (Å²) in [6.07, 6.45) is 0. The van der Waals surface area contributed by atoms with Gasteiger partial charge in [-0.15, -0.1) is 0 Å². The van der Waals surface area contributed by atoms with E-state index < -0.39 is 0 Å². The van der Waals surface area contributed by atoms with Crippen LogP contribution in [0.2, 0.25) is 15.1 Å². The topological polar surface area (TPSA) is 25.0 Å². The van der Waals surface area contributed by atoms with Crippen LogP contribution in [0, 0.1) is 0 Å². The van der Waals surface area contributed by atoms with Crippen LogP contribution in [0.25, 0.3) is 22.2 Å². The van der Waals surface area contributed by atoms with Crippen molar-refractivity contribution in [2.45, 2.75) is 13.8 Å². The van der Waals surface area contributed by atoms with Gasteiger partial charge in [-0.1, -0.05) is 60.8 Å². The van der Waals surface area contributed by atoms with E-state index >= 15 is 0 Å². The first kappa shape index (κ1) is 19.6. The highest BCUT2D eigenvalue weighted by atomic mass is 35.5. The van der Waals surface area contributed by atoms with E-state index in [2.05, 4.69) is 4.98 Å². The van der Waals surface area contributed by atoms with Gasteiger partial charge in [0.15, 0.2) is 5.75 Å². The Morgan fingerprint density at radius 3 is 1.89 bits per heavy atom. The summed E-state index contributed by atoms with van der Waals surface area (Å²) in [6.45, 7) is 4.00. The smallest absolute Gasteiger partial charge is 0.160 e. The Hall–Kier alpha value is -2.13. The van der Waals surface area contributed by atoms with Gasteiger partial charge in [0.05, 0.1) is 5.69 Å². The van der Waals surface area contributed by atoms with Gasteiger partial charge in [0.25, 0.3) is 0 Å². The Kier molecular flexibility index (Phi) is 6.33. The van der Waals surface area contributed by atoms with Crippen LogP contribution in [0.4, 0.5) is 0 Å². The summed E-state index contributed by atoms with van der Waals surface area (Å²) in [5, 5.41) is 2.90. The molecule has 4 rings (SSSR count). The number of benzene rings is 3. The summed E-state index contributed by atoms with van der Waals surface area (Å²) >= 11 is 18.2. The van der Waals surface area contributed by atoms with Crippen LogP contribution in [0.5, 0.6) is 11.5 Å². The zero-order chi connectivity index (χ0) is 19.4. The maximum absolute atomic E-state index is 6.19. The lowest BCUT2D eigenvalue weighted by atomic mass is 10.1. The van der Waals surface area contributed by atoms with Crippen molar-refractivity contribution >= 4 is 45.7 Å². The van der Waals surface area contributed by atoms with E-state index in [-0.39, 0.29) is 0 Å². The fraction of sp³-hybridized carbons (Fsp3) is 0.0909. The Morgan fingerprint density at radius 1 is 0.704 bits per heavy atom. The molecule has 1 aromatic heterocycles. The molecule has 0 aliphatic heterocycles. The number of fused-ring (bicyclic) bond motifs is 1. The van der Waals surface area contributed by atoms with Gasteiger partial charge in [0.1, 0.15) is 5.75 Å². The molecule has 0 bridgehead atoms. The zero-order valence-corrected chi connectivity index (χ0v) is 17.2. The van der Waals surface area contributed by atoms with Gasteiger partial charge in [-0.25, -0.2) is 0 Å². The number of halogens is 3. The van der Waals surface area contributed by atoms with Crippen LogP contribution < -0.4 is 4.74 Å². The van der Waals surface area contributed by atoms with Crippen molar-refractivity contribution in [2.75, 3.05) is 0 Å². The Balaban J connectivity index is 0.00000102. The fourth-order valence-electron chi connectivity index (χ4n) is 2.69. The summed E-state index contributed by atoms with van der Waals surface area (Å²) in [5.41, 5.74) is 2.78. The maximum Gasteiger partial charge on any atom is 0.160 e. The van der Waals surface area contributed by atoms with Crippen LogP contribution in [0.3, 0.4) is 0 Å². The first-order valence-corrected chi connectivity index (χ1v) is 9.74. The van der Waals surface area contributed by atoms with Crippen molar-refractivity contribution in [3.8, 4) is 22.8 Å². The number of aromatic amines is 1. The summed E-state index contributed by atoms with van der Waals surface area (Å²) in [5.74, 6) is 1.41. The molecule has 1 heterocycles. The van der Waals surface area contributed by atoms with Crippen LogP contribution in [0.1, 0.15) is 13.8 Å². The van der Waals surface area contributed by atoms with Gasteiger partial charge in [-0.3, -0.25) is 0 Å². The molecule has 138 valence electrons. The predicted molar refractivity (Wildman–Crippen MR) is 117 cm³/mol. The summed E-state index contributed by atoms with van der Waals surface area (Å²) in [4.78, 5) is 3.41. The third kappa shape index (κ3) is 4.41. The van der Waals surface area contributed by atoms with Crippen LogP contribution >= 0.6 is 34.8 Å². The zero-order valence-electron chi connectivity index (χ0n) is 14.9. The average Bonchev–Trinajstić information content (AvgIpc) is 3.03. The second-order valence-electron chi connectivity index (χ2n) is 5.58. The van der Waals surface area contributed by atoms with E-state index in [9.17, 15) is 0 Å². The molecule has 2 nitrogen and oxygen atoms in total. The van der Waals surface area contributed by atoms with Crippen molar-refractivity contribution in [3.63, 3.8) is 0 Å². The van der Waals surface area contributed by atoms with E-state index in [1.807, 2.05) is 68.4 Å². The monoisotopic (exact) mass is 417 g/mol. The average molecular weight is 419 g/mol. The number of rotatable bonds is 3. The van der Waals surface area contributed by atoms with Crippen molar-refractivity contribution in [1.82, 2.24) is 4.98 Å². The largest absolute Gasteiger partial charge is 0.454 e. The lowest BCUT2D eigenvalue weighted by molar-refractivity contribution is 0.490. The van der Waals surface area contributed by atoms with Crippen LogP contribution in [0.15, 0.2) is 66.7 Å². The molecule has 0 fully saturated rings. The molecule has 0 amide bonds. The summed E-state index contributed by atoms with van der Waals surface area (Å²) < 4.78 is 6.18. The highest BCUT2D eigenvalue weighted by Crippen LogP contribution is 2.41. The number of aromatic nitrogens is 1. The molecule has 3 aromatic carbocycles. The summed E-state index contributed by atoms with van der Waals surface area (Å²) in [6, 6.07) is 20.5. The SMILES string of the molecule is CC.Clc1ccc(Oc2c(-c3ccc(Cl)cc3)[nH]c3ccc(Cl)cc23)cc1. The molecule has 27 heavy (non-hydrogen) atoms. The van der Waals surface area contributed by atoms with Gasteiger partial charge in [0.2, 0.25) is 0 Å². The molecule has 5 heteroatoms. The lowest BCUT2D eigenvalue weighted by Gasteiger charge is -2.08. The highest BCUT2D eigenvalue weighted by Gasteiger charge is 2.16. The quantitative estimate of drug-likeness (QED) is 0.354. The van der Waals surface area contributed by atoms with E-state index in [4.69, 9.17) is 39.5 Å². The fourth-order valence-corrected chi connectivity index (χ4v) is 3.11. The van der Waals surface area contributed by atoms with Crippen molar-refractivity contribution < 1.29 is 4.74 Å². The second-order valence-corrected chi connectivity index (χ2v) is 6.89. The predicted octanol–water partition coefficient (Wildman–Crippen LogP) is 8.61. The van der Waals surface area contributed by atoms with E-state index in [0.717, 1.165) is 22.2 Å². The number of ether oxygens (including phenoxy) is 1. The normalized spacial score (nSPS) is 10.4. The van der Waals surface area contributed by atoms with E-state index in [0.29, 0.717) is 26.6 Å². The van der Waals surface area contributed by atoms with Crippen molar-refractivity contribution in [1.29, 1.82) is 0 Å². The van der Waals surface area contributed by atoms with Gasteiger partial charge in [0, 0.05) is 31.5 Å². The molecule has 0 aliphatic carbocycles. The molecular formula is C22H18Cl3NO. The number of H-pyrrole nitrogens is 1. The molecule has 0 atom stereocenters. The Morgan fingerprint density at radius 2 is 1.26 bits per heavy atom. The molecule has 0 radical (unpaired) electrons. The van der Waals surface area contributed by atoms with Gasteiger partial charge >= 0.3 is 0 Å². The van der Waals surface area contributed by atoms with Gasteiger partial charge < -0.3 is 9.72 Å². The number of hydrogen-bond acceptors (Lipinski definition) is 1. The van der Waals surface area contributed by atoms with Crippen molar-refractivity contribution in [3.05, 3.63) is 81.8 Å². The number of nitrogens with one attached hydrogen (secondary N) is 1. The third-order valence-electron chi connectivity index (χ3n) is 3.88. The molecule has 0 spiro atoms. The first-order chi connectivity index (χ1) is 13.1. The minimum atomic E-state index is 0.648. The Labute approximate surface area is 173 Å². The molecule has 1 N–H and O–H groups in total. The minimum absolute atomic E-state index is 0.648. The highest BCUT2D eigenvalue weighted by molar-refractivity contribution is 6.31. The molecular weight excluding hydrogens is 401 g/mol. The van der Waals surface area contributed by atoms with Gasteiger partial charge in [-0.2, -0.15) is 0 Å². The third-order valence-corrected chi connectivity index (χ3v) is 4.62. The molecule has 0 unspecified atom stereocenters. The van der Waals surface area contributed by atoms with Crippen molar-refractivity contribution in [2.24, 2.45) is 0 Å². The lowest BCUT2D eigenvalue weighted by Crippen LogP contribution is -1.86. The maximum atomic E-state index is 6.19. The number of hydrogen-bond donors (Lipinski definition) is 1. The summed E-state index contributed by atoms with van der Waals surface area (Å²) in [7, 11) is 0. The van der Waals surface area contributed by atoms with Gasteiger partial charge in [-0.05, 0) is 54.6 Å². The van der Waals surface area contributed by atoms with Crippen LogP contribution in [-0.4, -0.2) is 4.98 Å². The Bertz CT molecular complexity index is 1040. The van der Waals surface area contributed by atoms with Crippen LogP contribution in [-0.2, 0) is 0 Å². The second kappa shape index (κ2) is 8.71. The first-order valence-electron chi connectivity index (χ1n) is 8.61. The molecule has 0 aliphatic rings. The van der Waals surface area contributed by atoms with E-state index in [1.165, 1.54) is 0 Å². The molecule has 0 saturated carbocycles. The standard InChI is InChI=1S/C20H12Cl3NO.C2H6/c21-13-3-1-12(2-4-13)19-20(25-16-8-5-14(22)6-9-16)17-11-15(23)7-10-18(17)24-19;1-2/h1-11,24H;1-2H3.